The van der Waals surface area contributed by atoms with Crippen molar-refractivity contribution in [1.82, 2.24) is 9.97 Å². The van der Waals surface area contributed by atoms with E-state index in [0.717, 1.165) is 24.7 Å². The molecule has 2 N–H and O–H groups in total. The van der Waals surface area contributed by atoms with E-state index in [1.807, 2.05) is 19.1 Å². The number of carboxylic acids is 1. The van der Waals surface area contributed by atoms with Crippen molar-refractivity contribution in [3.63, 3.8) is 0 Å². The van der Waals surface area contributed by atoms with E-state index in [1.165, 1.54) is 25.7 Å². The van der Waals surface area contributed by atoms with Crippen LogP contribution in [0.2, 0.25) is 0 Å². The Labute approximate surface area is 141 Å². The van der Waals surface area contributed by atoms with Gasteiger partial charge in [0.2, 0.25) is 5.95 Å². The van der Waals surface area contributed by atoms with Crippen molar-refractivity contribution in [2.75, 3.05) is 23.3 Å². The summed E-state index contributed by atoms with van der Waals surface area (Å²) >= 11 is 0. The van der Waals surface area contributed by atoms with E-state index in [2.05, 4.69) is 20.2 Å². The average molecular weight is 326 g/mol. The summed E-state index contributed by atoms with van der Waals surface area (Å²) in [5.74, 6) is 0.487. The second kappa shape index (κ2) is 7.29. The number of carbonyl (C=O) groups is 1. The Hall–Kier alpha value is -2.63. The third-order valence-corrected chi connectivity index (χ3v) is 4.11. The van der Waals surface area contributed by atoms with Gasteiger partial charge < -0.3 is 15.3 Å². The SMILES string of the molecule is Cc1cc(Nc2cccc(C(=O)O)c2)nc(N2CCCCCC2)n1. The highest BCUT2D eigenvalue weighted by atomic mass is 16.4. The summed E-state index contributed by atoms with van der Waals surface area (Å²) in [6, 6.07) is 8.59. The Morgan fingerprint density at radius 2 is 1.88 bits per heavy atom. The topological polar surface area (TPSA) is 78.3 Å². The van der Waals surface area contributed by atoms with Gasteiger partial charge in [-0.3, -0.25) is 0 Å². The Bertz CT molecular complexity index is 725. The molecule has 2 heterocycles. The number of aryl methyl sites for hydroxylation is 1. The normalized spacial score (nSPS) is 15.0. The minimum atomic E-state index is -0.942. The smallest absolute Gasteiger partial charge is 0.335 e. The lowest BCUT2D eigenvalue weighted by molar-refractivity contribution is 0.0697. The van der Waals surface area contributed by atoms with Crippen LogP contribution in [0.4, 0.5) is 17.5 Å². The zero-order valence-corrected chi connectivity index (χ0v) is 13.8. The molecule has 1 aromatic carbocycles. The van der Waals surface area contributed by atoms with Gasteiger partial charge >= 0.3 is 5.97 Å². The first kappa shape index (κ1) is 16.2. The monoisotopic (exact) mass is 326 g/mol. The van der Waals surface area contributed by atoms with Gasteiger partial charge in [0.25, 0.3) is 0 Å². The highest BCUT2D eigenvalue weighted by Crippen LogP contribution is 2.21. The third kappa shape index (κ3) is 4.01. The molecule has 1 aliphatic rings. The molecule has 6 heteroatoms. The zero-order valence-electron chi connectivity index (χ0n) is 13.8. The molecule has 1 aliphatic heterocycles. The van der Waals surface area contributed by atoms with Crippen molar-refractivity contribution in [3.05, 3.63) is 41.6 Å². The molecule has 0 bridgehead atoms. The van der Waals surface area contributed by atoms with Crippen molar-refractivity contribution >= 4 is 23.4 Å². The van der Waals surface area contributed by atoms with Crippen molar-refractivity contribution in [3.8, 4) is 0 Å². The number of aromatic carboxylic acids is 1. The van der Waals surface area contributed by atoms with E-state index in [-0.39, 0.29) is 5.56 Å². The van der Waals surface area contributed by atoms with Crippen molar-refractivity contribution < 1.29 is 9.90 Å². The summed E-state index contributed by atoms with van der Waals surface area (Å²) in [5, 5.41) is 12.3. The third-order valence-electron chi connectivity index (χ3n) is 4.11. The fourth-order valence-corrected chi connectivity index (χ4v) is 2.91. The Kier molecular flexibility index (Phi) is 4.93. The molecular formula is C18H22N4O2. The molecule has 24 heavy (non-hydrogen) atoms. The van der Waals surface area contributed by atoms with Crippen LogP contribution in [0.5, 0.6) is 0 Å². The van der Waals surface area contributed by atoms with E-state index in [1.54, 1.807) is 18.2 Å². The molecule has 0 unspecified atom stereocenters. The molecule has 2 aromatic rings. The largest absolute Gasteiger partial charge is 0.478 e. The minimum absolute atomic E-state index is 0.249. The number of hydrogen-bond donors (Lipinski definition) is 2. The fraction of sp³-hybridized carbons (Fsp3) is 0.389. The molecule has 6 nitrogen and oxygen atoms in total. The summed E-state index contributed by atoms with van der Waals surface area (Å²) in [6.45, 7) is 3.91. The number of anilines is 3. The molecule has 1 fully saturated rings. The van der Waals surface area contributed by atoms with Gasteiger partial charge in [-0.15, -0.1) is 0 Å². The van der Waals surface area contributed by atoms with Crippen molar-refractivity contribution in [2.24, 2.45) is 0 Å². The van der Waals surface area contributed by atoms with Crippen LogP contribution in [0.3, 0.4) is 0 Å². The first-order valence-corrected chi connectivity index (χ1v) is 8.33. The van der Waals surface area contributed by atoms with Crippen LogP contribution >= 0.6 is 0 Å². The van der Waals surface area contributed by atoms with Gasteiger partial charge in [-0.2, -0.15) is 4.98 Å². The lowest BCUT2D eigenvalue weighted by Crippen LogP contribution is -2.26. The number of carboxylic acid groups (broad SMARTS) is 1. The highest BCUT2D eigenvalue weighted by Gasteiger charge is 2.14. The van der Waals surface area contributed by atoms with E-state index in [0.29, 0.717) is 11.5 Å². The van der Waals surface area contributed by atoms with Crippen LogP contribution in [0.25, 0.3) is 0 Å². The summed E-state index contributed by atoms with van der Waals surface area (Å²) in [4.78, 5) is 22.5. The minimum Gasteiger partial charge on any atom is -0.478 e. The maximum Gasteiger partial charge on any atom is 0.335 e. The maximum absolute atomic E-state index is 11.1. The van der Waals surface area contributed by atoms with Crippen LogP contribution in [-0.2, 0) is 0 Å². The first-order chi connectivity index (χ1) is 11.6. The number of benzene rings is 1. The number of aromatic nitrogens is 2. The Morgan fingerprint density at radius 1 is 1.12 bits per heavy atom. The molecule has 0 aliphatic carbocycles. The molecular weight excluding hydrogens is 304 g/mol. The van der Waals surface area contributed by atoms with Crippen LogP contribution in [0.1, 0.15) is 41.7 Å². The second-order valence-electron chi connectivity index (χ2n) is 6.11. The zero-order chi connectivity index (χ0) is 16.9. The van der Waals surface area contributed by atoms with Crippen LogP contribution in [-0.4, -0.2) is 34.1 Å². The Balaban J connectivity index is 1.83. The molecule has 0 atom stereocenters. The summed E-state index contributed by atoms with van der Waals surface area (Å²) < 4.78 is 0. The lowest BCUT2D eigenvalue weighted by Gasteiger charge is -2.21. The highest BCUT2D eigenvalue weighted by molar-refractivity contribution is 5.89. The number of nitrogens with one attached hydrogen (secondary N) is 1. The van der Waals surface area contributed by atoms with Gasteiger partial charge in [0.1, 0.15) is 5.82 Å². The van der Waals surface area contributed by atoms with E-state index < -0.39 is 5.97 Å². The molecule has 0 spiro atoms. The molecule has 0 radical (unpaired) electrons. The average Bonchev–Trinajstić information content (AvgIpc) is 2.84. The quantitative estimate of drug-likeness (QED) is 0.893. The summed E-state index contributed by atoms with van der Waals surface area (Å²) in [5.41, 5.74) is 1.84. The van der Waals surface area contributed by atoms with Gasteiger partial charge in [-0.1, -0.05) is 18.9 Å². The lowest BCUT2D eigenvalue weighted by atomic mass is 10.2. The van der Waals surface area contributed by atoms with Crippen molar-refractivity contribution in [2.45, 2.75) is 32.6 Å². The van der Waals surface area contributed by atoms with Gasteiger partial charge in [-0.25, -0.2) is 9.78 Å². The molecule has 1 saturated heterocycles. The molecule has 3 rings (SSSR count). The van der Waals surface area contributed by atoms with Gasteiger partial charge in [0.05, 0.1) is 5.56 Å². The maximum atomic E-state index is 11.1. The number of hydrogen-bond acceptors (Lipinski definition) is 5. The molecule has 1 aromatic heterocycles. The van der Waals surface area contributed by atoms with Crippen molar-refractivity contribution in [1.29, 1.82) is 0 Å². The number of rotatable bonds is 4. The van der Waals surface area contributed by atoms with Gasteiger partial charge in [0, 0.05) is 30.5 Å². The molecule has 126 valence electrons. The molecule has 0 saturated carbocycles. The summed E-state index contributed by atoms with van der Waals surface area (Å²) in [6.07, 6.45) is 4.85. The van der Waals surface area contributed by atoms with Crippen LogP contribution < -0.4 is 10.2 Å². The second-order valence-corrected chi connectivity index (χ2v) is 6.11. The number of nitrogens with zero attached hydrogens (tertiary/aromatic N) is 3. The Morgan fingerprint density at radius 3 is 2.58 bits per heavy atom. The van der Waals surface area contributed by atoms with E-state index in [4.69, 9.17) is 5.11 Å². The fourth-order valence-electron chi connectivity index (χ4n) is 2.91. The standard InChI is InChI=1S/C18H22N4O2/c1-13-11-16(20-15-8-6-7-14(12-15)17(23)24)21-18(19-13)22-9-4-2-3-5-10-22/h6-8,11-12H,2-5,9-10H2,1H3,(H,23,24)(H,19,20,21). The first-order valence-electron chi connectivity index (χ1n) is 8.33. The van der Waals surface area contributed by atoms with E-state index in [9.17, 15) is 4.79 Å². The van der Waals surface area contributed by atoms with Crippen LogP contribution in [0.15, 0.2) is 30.3 Å². The van der Waals surface area contributed by atoms with Gasteiger partial charge in [-0.05, 0) is 38.0 Å². The molecule has 0 amide bonds. The van der Waals surface area contributed by atoms with Crippen LogP contribution in [0, 0.1) is 6.92 Å². The van der Waals surface area contributed by atoms with E-state index >= 15 is 0 Å². The summed E-state index contributed by atoms with van der Waals surface area (Å²) in [7, 11) is 0. The van der Waals surface area contributed by atoms with Gasteiger partial charge in [0.15, 0.2) is 0 Å². The predicted octanol–water partition coefficient (Wildman–Crippen LogP) is 3.61. The predicted molar refractivity (Wildman–Crippen MR) is 94.1 cm³/mol.